The molecule has 0 atom stereocenters. The van der Waals surface area contributed by atoms with Crippen molar-refractivity contribution in [3.63, 3.8) is 0 Å². The molecule has 4 nitrogen and oxygen atoms in total. The number of nitrogens with zero attached hydrogens (tertiary/aromatic N) is 1. The predicted molar refractivity (Wildman–Crippen MR) is 109 cm³/mol. The highest BCUT2D eigenvalue weighted by atomic mass is 32.1. The molecule has 0 aliphatic heterocycles. The predicted octanol–water partition coefficient (Wildman–Crippen LogP) is 5.12. The summed E-state index contributed by atoms with van der Waals surface area (Å²) in [7, 11) is 0. The van der Waals surface area contributed by atoms with Crippen LogP contribution in [-0.2, 0) is 5.60 Å². The summed E-state index contributed by atoms with van der Waals surface area (Å²) in [5.41, 5.74) is 3.13. The van der Waals surface area contributed by atoms with Gasteiger partial charge >= 0.3 is 0 Å². The Kier molecular flexibility index (Phi) is 4.94. The van der Waals surface area contributed by atoms with Gasteiger partial charge in [0.05, 0.1) is 10.2 Å². The van der Waals surface area contributed by atoms with Gasteiger partial charge in [-0.05, 0) is 63.1 Å². The van der Waals surface area contributed by atoms with Crippen molar-refractivity contribution >= 4 is 39.2 Å². The number of carbonyl (C=O) groups is 1. The maximum absolute atomic E-state index is 12.6. The Bertz CT molecular complexity index is 997. The van der Waals surface area contributed by atoms with Gasteiger partial charge in [-0.1, -0.05) is 24.3 Å². The number of aliphatic hydroxyl groups is 1. The second-order valence-corrected chi connectivity index (χ2v) is 7.82. The zero-order valence-corrected chi connectivity index (χ0v) is 16.1. The third kappa shape index (κ3) is 3.84. The summed E-state index contributed by atoms with van der Waals surface area (Å²) in [6, 6.07) is 11.4. The fourth-order valence-corrected chi connectivity index (χ4v) is 3.65. The van der Waals surface area contributed by atoms with Gasteiger partial charge in [-0.25, -0.2) is 4.98 Å². The van der Waals surface area contributed by atoms with Crippen molar-refractivity contribution in [2.24, 2.45) is 0 Å². The lowest BCUT2D eigenvalue weighted by Gasteiger charge is -2.11. The molecule has 1 heterocycles. The van der Waals surface area contributed by atoms with E-state index in [9.17, 15) is 9.90 Å². The van der Waals surface area contributed by atoms with E-state index in [-0.39, 0.29) is 5.91 Å². The summed E-state index contributed by atoms with van der Waals surface area (Å²) in [6.45, 7) is 7.33. The SMILES string of the molecule is C/C=C/c1ccc(C(=O)Nc2ccc3sc(C(C)(C)O)nc3c2)c(C)c1. The van der Waals surface area contributed by atoms with Gasteiger partial charge in [0.15, 0.2) is 0 Å². The number of aryl methyl sites for hydroxylation is 1. The van der Waals surface area contributed by atoms with Crippen LogP contribution in [0.2, 0.25) is 0 Å². The topological polar surface area (TPSA) is 62.2 Å². The van der Waals surface area contributed by atoms with Crippen LogP contribution in [-0.4, -0.2) is 16.0 Å². The number of nitrogens with one attached hydrogen (secondary N) is 1. The number of rotatable bonds is 4. The van der Waals surface area contributed by atoms with E-state index in [1.165, 1.54) is 11.3 Å². The summed E-state index contributed by atoms with van der Waals surface area (Å²) in [5, 5.41) is 13.7. The van der Waals surface area contributed by atoms with Gasteiger partial charge in [0.2, 0.25) is 0 Å². The molecule has 3 aromatic rings. The Morgan fingerprint density at radius 1 is 1.23 bits per heavy atom. The van der Waals surface area contributed by atoms with Gasteiger partial charge in [0.25, 0.3) is 5.91 Å². The zero-order valence-electron chi connectivity index (χ0n) is 15.3. The zero-order chi connectivity index (χ0) is 18.9. The van der Waals surface area contributed by atoms with Crippen LogP contribution in [0, 0.1) is 6.92 Å². The molecule has 0 aliphatic rings. The van der Waals surface area contributed by atoms with E-state index in [1.54, 1.807) is 13.8 Å². The molecule has 0 unspecified atom stereocenters. The lowest BCUT2D eigenvalue weighted by molar-refractivity contribution is 0.0785. The molecule has 134 valence electrons. The third-order valence-electron chi connectivity index (χ3n) is 4.02. The Hall–Kier alpha value is -2.50. The Labute approximate surface area is 157 Å². The van der Waals surface area contributed by atoms with Crippen molar-refractivity contribution in [3.8, 4) is 0 Å². The average molecular weight is 366 g/mol. The molecule has 0 saturated carbocycles. The molecule has 0 saturated heterocycles. The molecule has 0 fully saturated rings. The number of aromatic nitrogens is 1. The molecule has 2 aromatic carbocycles. The van der Waals surface area contributed by atoms with Gasteiger partial charge in [-0.3, -0.25) is 4.79 Å². The fourth-order valence-electron chi connectivity index (χ4n) is 2.70. The minimum absolute atomic E-state index is 0.146. The molecule has 5 heteroatoms. The second-order valence-electron chi connectivity index (χ2n) is 6.79. The van der Waals surface area contributed by atoms with E-state index >= 15 is 0 Å². The molecule has 26 heavy (non-hydrogen) atoms. The van der Waals surface area contributed by atoms with E-state index in [0.717, 1.165) is 21.3 Å². The minimum Gasteiger partial charge on any atom is -0.383 e. The van der Waals surface area contributed by atoms with Crippen molar-refractivity contribution < 1.29 is 9.90 Å². The molecule has 1 aromatic heterocycles. The Morgan fingerprint density at radius 3 is 2.65 bits per heavy atom. The first kappa shape index (κ1) is 18.3. The van der Waals surface area contributed by atoms with Crippen LogP contribution in [0.3, 0.4) is 0 Å². The van der Waals surface area contributed by atoms with Crippen LogP contribution >= 0.6 is 11.3 Å². The first-order valence-corrected chi connectivity index (χ1v) is 9.28. The monoisotopic (exact) mass is 366 g/mol. The van der Waals surface area contributed by atoms with E-state index in [2.05, 4.69) is 10.3 Å². The summed E-state index contributed by atoms with van der Waals surface area (Å²) in [4.78, 5) is 17.1. The number of amides is 1. The van der Waals surface area contributed by atoms with Crippen LogP contribution in [0.1, 0.15) is 47.3 Å². The molecule has 0 spiro atoms. The quantitative estimate of drug-likeness (QED) is 0.674. The summed E-state index contributed by atoms with van der Waals surface area (Å²) < 4.78 is 0.979. The third-order valence-corrected chi connectivity index (χ3v) is 5.37. The number of allylic oxidation sites excluding steroid dienone is 1. The molecular weight excluding hydrogens is 344 g/mol. The first-order chi connectivity index (χ1) is 12.3. The molecule has 0 bridgehead atoms. The molecule has 0 radical (unpaired) electrons. The molecule has 0 aliphatic carbocycles. The van der Waals surface area contributed by atoms with E-state index in [1.807, 2.05) is 62.4 Å². The van der Waals surface area contributed by atoms with E-state index < -0.39 is 5.60 Å². The van der Waals surface area contributed by atoms with Crippen LogP contribution in [0.5, 0.6) is 0 Å². The van der Waals surface area contributed by atoms with Crippen molar-refractivity contribution in [1.82, 2.24) is 4.98 Å². The van der Waals surface area contributed by atoms with Gasteiger partial charge in [0.1, 0.15) is 10.6 Å². The minimum atomic E-state index is -0.973. The van der Waals surface area contributed by atoms with Gasteiger partial charge in [0, 0.05) is 11.3 Å². The van der Waals surface area contributed by atoms with Gasteiger partial charge in [-0.15, -0.1) is 11.3 Å². The number of fused-ring (bicyclic) bond motifs is 1. The summed E-state index contributed by atoms with van der Waals surface area (Å²) >= 11 is 1.46. The normalized spacial score (nSPS) is 12.0. The van der Waals surface area contributed by atoms with E-state index in [0.29, 0.717) is 16.3 Å². The maximum atomic E-state index is 12.6. The van der Waals surface area contributed by atoms with Gasteiger partial charge < -0.3 is 10.4 Å². The number of hydrogen-bond acceptors (Lipinski definition) is 4. The average Bonchev–Trinajstić information content (AvgIpc) is 2.98. The van der Waals surface area contributed by atoms with Crippen LogP contribution < -0.4 is 5.32 Å². The molecule has 1 amide bonds. The number of carbonyl (C=O) groups excluding carboxylic acids is 1. The van der Waals surface area contributed by atoms with Crippen molar-refractivity contribution in [2.75, 3.05) is 5.32 Å². The number of thiazole rings is 1. The number of benzene rings is 2. The Morgan fingerprint density at radius 2 is 2.00 bits per heavy atom. The maximum Gasteiger partial charge on any atom is 0.255 e. The van der Waals surface area contributed by atoms with Crippen molar-refractivity contribution in [1.29, 1.82) is 0 Å². The highest BCUT2D eigenvalue weighted by molar-refractivity contribution is 7.18. The largest absolute Gasteiger partial charge is 0.383 e. The standard InChI is InChI=1S/C21H22N2O2S/c1-5-6-14-7-9-16(13(2)11-14)19(24)22-15-8-10-18-17(12-15)23-20(26-18)21(3,4)25/h5-12,25H,1-4H3,(H,22,24)/b6-5+. The van der Waals surface area contributed by atoms with E-state index in [4.69, 9.17) is 0 Å². The number of anilines is 1. The lowest BCUT2D eigenvalue weighted by atomic mass is 10.0. The Balaban J connectivity index is 1.85. The van der Waals surface area contributed by atoms with Gasteiger partial charge in [-0.2, -0.15) is 0 Å². The lowest BCUT2D eigenvalue weighted by Crippen LogP contribution is -2.14. The summed E-state index contributed by atoms with van der Waals surface area (Å²) in [6.07, 6.45) is 3.98. The van der Waals surface area contributed by atoms with Crippen LogP contribution in [0.25, 0.3) is 16.3 Å². The number of hydrogen-bond donors (Lipinski definition) is 2. The highest BCUT2D eigenvalue weighted by Gasteiger charge is 2.21. The highest BCUT2D eigenvalue weighted by Crippen LogP contribution is 2.31. The second kappa shape index (κ2) is 7.02. The van der Waals surface area contributed by atoms with Crippen molar-refractivity contribution in [2.45, 2.75) is 33.3 Å². The van der Waals surface area contributed by atoms with Crippen LogP contribution in [0.4, 0.5) is 5.69 Å². The molecule has 3 rings (SSSR count). The smallest absolute Gasteiger partial charge is 0.255 e. The van der Waals surface area contributed by atoms with Crippen molar-refractivity contribution in [3.05, 3.63) is 64.2 Å². The molecule has 2 N–H and O–H groups in total. The fraction of sp³-hybridized carbons (Fsp3) is 0.238. The summed E-state index contributed by atoms with van der Waals surface area (Å²) in [5.74, 6) is -0.146. The first-order valence-electron chi connectivity index (χ1n) is 8.46. The molecular formula is C21H22N2O2S. The van der Waals surface area contributed by atoms with Crippen LogP contribution in [0.15, 0.2) is 42.5 Å².